The Morgan fingerprint density at radius 2 is 2.14 bits per heavy atom. The second-order valence-electron chi connectivity index (χ2n) is 4.67. The summed E-state index contributed by atoms with van der Waals surface area (Å²) in [5.74, 6) is 0.975. The van der Waals surface area contributed by atoms with Crippen LogP contribution in [0.3, 0.4) is 0 Å². The van der Waals surface area contributed by atoms with Gasteiger partial charge in [0.1, 0.15) is 5.75 Å². The average Bonchev–Trinajstić information content (AvgIpc) is 2.38. The molecule has 0 heterocycles. The van der Waals surface area contributed by atoms with Gasteiger partial charge >= 0.3 is 0 Å². The number of ether oxygens (including phenoxy) is 1. The molecule has 76 valence electrons. The number of rotatable bonds is 1. The third-order valence-corrected chi connectivity index (χ3v) is 3.20. The van der Waals surface area contributed by atoms with E-state index < -0.39 is 0 Å². The van der Waals surface area contributed by atoms with Crippen molar-refractivity contribution in [1.82, 2.24) is 0 Å². The van der Waals surface area contributed by atoms with Crippen LogP contribution in [-0.4, -0.2) is 7.11 Å². The van der Waals surface area contributed by atoms with Crippen LogP contribution in [0.4, 0.5) is 0 Å². The number of nitrogens with two attached hydrogens (primary N) is 1. The molecule has 2 heteroatoms. The molecular weight excluding hydrogens is 174 g/mol. The Balaban J connectivity index is 2.53. The maximum atomic E-state index is 6.19. The molecule has 0 fully saturated rings. The van der Waals surface area contributed by atoms with E-state index in [0.717, 1.165) is 12.2 Å². The van der Waals surface area contributed by atoms with Crippen molar-refractivity contribution in [2.75, 3.05) is 7.11 Å². The first kappa shape index (κ1) is 9.53. The summed E-state index contributed by atoms with van der Waals surface area (Å²) < 4.78 is 5.34. The molecule has 1 aliphatic rings. The molecule has 0 saturated carbocycles. The van der Waals surface area contributed by atoms with Gasteiger partial charge in [-0.05, 0) is 29.0 Å². The number of benzene rings is 1. The fraction of sp³-hybridized carbons (Fsp3) is 0.500. The van der Waals surface area contributed by atoms with Gasteiger partial charge in [0, 0.05) is 6.04 Å². The molecule has 1 aromatic rings. The summed E-state index contributed by atoms with van der Waals surface area (Å²) >= 11 is 0. The molecule has 1 aliphatic carbocycles. The predicted molar refractivity (Wildman–Crippen MR) is 57.4 cm³/mol. The van der Waals surface area contributed by atoms with Crippen LogP contribution in [0, 0.1) is 5.41 Å². The van der Waals surface area contributed by atoms with E-state index in [0.29, 0.717) is 0 Å². The van der Waals surface area contributed by atoms with Gasteiger partial charge in [-0.1, -0.05) is 26.0 Å². The molecule has 2 rings (SSSR count). The van der Waals surface area contributed by atoms with Crippen LogP contribution in [-0.2, 0) is 6.42 Å². The highest BCUT2D eigenvalue weighted by Gasteiger charge is 2.37. The van der Waals surface area contributed by atoms with Gasteiger partial charge in [-0.3, -0.25) is 0 Å². The Morgan fingerprint density at radius 3 is 2.79 bits per heavy atom. The number of hydrogen-bond donors (Lipinski definition) is 1. The zero-order chi connectivity index (χ0) is 10.3. The molecule has 14 heavy (non-hydrogen) atoms. The van der Waals surface area contributed by atoms with Crippen LogP contribution in [0.25, 0.3) is 0 Å². The lowest BCUT2D eigenvalue weighted by molar-refractivity contribution is 0.316. The zero-order valence-electron chi connectivity index (χ0n) is 9.00. The van der Waals surface area contributed by atoms with Gasteiger partial charge in [-0.25, -0.2) is 0 Å². The van der Waals surface area contributed by atoms with Crippen LogP contribution in [0.15, 0.2) is 18.2 Å². The van der Waals surface area contributed by atoms with Crippen molar-refractivity contribution >= 4 is 0 Å². The van der Waals surface area contributed by atoms with E-state index in [2.05, 4.69) is 19.9 Å². The Labute approximate surface area is 85.1 Å². The molecule has 2 nitrogen and oxygen atoms in total. The quantitative estimate of drug-likeness (QED) is 0.739. The molecule has 0 bridgehead atoms. The van der Waals surface area contributed by atoms with Crippen LogP contribution >= 0.6 is 0 Å². The number of fused-ring (bicyclic) bond motifs is 1. The topological polar surface area (TPSA) is 35.2 Å². The molecule has 0 aromatic heterocycles. The van der Waals surface area contributed by atoms with E-state index in [4.69, 9.17) is 10.5 Å². The Morgan fingerprint density at radius 1 is 1.43 bits per heavy atom. The number of hydrogen-bond acceptors (Lipinski definition) is 2. The first-order chi connectivity index (χ1) is 6.56. The van der Waals surface area contributed by atoms with Gasteiger partial charge in [0.25, 0.3) is 0 Å². The minimum atomic E-state index is 0.132. The average molecular weight is 191 g/mol. The molecule has 0 amide bonds. The van der Waals surface area contributed by atoms with Gasteiger partial charge in [0.2, 0.25) is 0 Å². The second kappa shape index (κ2) is 2.99. The van der Waals surface area contributed by atoms with Crippen molar-refractivity contribution in [3.8, 4) is 5.75 Å². The van der Waals surface area contributed by atoms with E-state index in [1.807, 2.05) is 12.1 Å². The van der Waals surface area contributed by atoms with Crippen molar-refractivity contribution in [1.29, 1.82) is 0 Å². The maximum Gasteiger partial charge on any atom is 0.122 e. The van der Waals surface area contributed by atoms with Crippen LogP contribution in [0.5, 0.6) is 5.75 Å². The molecule has 0 saturated heterocycles. The molecule has 0 radical (unpaired) electrons. The minimum absolute atomic E-state index is 0.132. The van der Waals surface area contributed by atoms with Gasteiger partial charge in [-0.15, -0.1) is 0 Å². The van der Waals surface area contributed by atoms with Crippen LogP contribution < -0.4 is 10.5 Å². The predicted octanol–water partition coefficient (Wildman–Crippen LogP) is 2.28. The Kier molecular flexibility index (Phi) is 2.04. The van der Waals surface area contributed by atoms with Crippen LogP contribution in [0.1, 0.15) is 31.0 Å². The summed E-state index contributed by atoms with van der Waals surface area (Å²) in [4.78, 5) is 0. The minimum Gasteiger partial charge on any atom is -0.496 e. The molecule has 1 unspecified atom stereocenters. The summed E-state index contributed by atoms with van der Waals surface area (Å²) in [6.07, 6.45) is 1.01. The SMILES string of the molecule is COc1cccc2c1CC(C)(C)C2N. The normalized spacial score (nSPS) is 23.3. The highest BCUT2D eigenvalue weighted by molar-refractivity contribution is 5.46. The molecule has 2 N–H and O–H groups in total. The van der Waals surface area contributed by atoms with Crippen molar-refractivity contribution in [2.24, 2.45) is 11.1 Å². The summed E-state index contributed by atoms with van der Waals surface area (Å²) in [7, 11) is 1.71. The fourth-order valence-electron chi connectivity index (χ4n) is 2.24. The smallest absolute Gasteiger partial charge is 0.122 e. The highest BCUT2D eigenvalue weighted by Crippen LogP contribution is 2.46. The second-order valence-corrected chi connectivity index (χ2v) is 4.67. The number of methoxy groups -OCH3 is 1. The summed E-state index contributed by atoms with van der Waals surface area (Å²) in [6, 6.07) is 6.26. The molecule has 0 aliphatic heterocycles. The molecule has 0 spiro atoms. The lowest BCUT2D eigenvalue weighted by Gasteiger charge is -2.23. The fourth-order valence-corrected chi connectivity index (χ4v) is 2.24. The van der Waals surface area contributed by atoms with E-state index in [1.165, 1.54) is 11.1 Å². The van der Waals surface area contributed by atoms with E-state index in [9.17, 15) is 0 Å². The summed E-state index contributed by atoms with van der Waals surface area (Å²) in [5.41, 5.74) is 8.87. The summed E-state index contributed by atoms with van der Waals surface area (Å²) in [6.45, 7) is 4.41. The molecule has 1 atom stereocenters. The van der Waals surface area contributed by atoms with Gasteiger partial charge in [0.05, 0.1) is 7.11 Å². The van der Waals surface area contributed by atoms with Gasteiger partial charge in [-0.2, -0.15) is 0 Å². The maximum absolute atomic E-state index is 6.19. The first-order valence-corrected chi connectivity index (χ1v) is 4.97. The van der Waals surface area contributed by atoms with Crippen molar-refractivity contribution in [2.45, 2.75) is 26.3 Å². The summed E-state index contributed by atoms with van der Waals surface area (Å²) in [5, 5.41) is 0. The van der Waals surface area contributed by atoms with Crippen LogP contribution in [0.2, 0.25) is 0 Å². The third kappa shape index (κ3) is 1.22. The standard InChI is InChI=1S/C12H17NO/c1-12(2)7-9-8(11(12)13)5-4-6-10(9)14-3/h4-6,11H,7,13H2,1-3H3. The van der Waals surface area contributed by atoms with Gasteiger partial charge in [0.15, 0.2) is 0 Å². The first-order valence-electron chi connectivity index (χ1n) is 4.97. The zero-order valence-corrected chi connectivity index (χ0v) is 9.00. The van der Waals surface area contributed by atoms with Gasteiger partial charge < -0.3 is 10.5 Å². The highest BCUT2D eigenvalue weighted by atomic mass is 16.5. The molecular formula is C12H17NO. The monoisotopic (exact) mass is 191 g/mol. The Bertz CT molecular complexity index is 357. The lowest BCUT2D eigenvalue weighted by Crippen LogP contribution is -2.24. The van der Waals surface area contributed by atoms with E-state index in [-0.39, 0.29) is 11.5 Å². The van der Waals surface area contributed by atoms with Crippen molar-refractivity contribution < 1.29 is 4.74 Å². The largest absolute Gasteiger partial charge is 0.496 e. The third-order valence-electron chi connectivity index (χ3n) is 3.20. The van der Waals surface area contributed by atoms with E-state index in [1.54, 1.807) is 7.11 Å². The van der Waals surface area contributed by atoms with Crippen molar-refractivity contribution in [3.05, 3.63) is 29.3 Å². The Hall–Kier alpha value is -1.02. The van der Waals surface area contributed by atoms with Crippen molar-refractivity contribution in [3.63, 3.8) is 0 Å². The van der Waals surface area contributed by atoms with E-state index >= 15 is 0 Å². The lowest BCUT2D eigenvalue weighted by atomic mass is 9.86. The molecule has 1 aromatic carbocycles.